The van der Waals surface area contributed by atoms with Crippen LogP contribution in [0.25, 0.3) is 0 Å². The van der Waals surface area contributed by atoms with Crippen molar-refractivity contribution in [2.45, 2.75) is 0 Å². The molecule has 0 aromatic carbocycles. The van der Waals surface area contributed by atoms with Crippen LogP contribution < -0.4 is 5.26 Å². The van der Waals surface area contributed by atoms with Crippen molar-refractivity contribution in [2.24, 2.45) is 0 Å². The molecule has 0 bridgehead atoms. The lowest BCUT2D eigenvalue weighted by Crippen LogP contribution is -2.11. The first kappa shape index (κ1) is 6.79. The highest BCUT2D eigenvalue weighted by molar-refractivity contribution is 7.80. The molecule has 6 nitrogen and oxygen atoms in total. The summed E-state index contributed by atoms with van der Waals surface area (Å²) in [5.74, 6) is 0. The third-order valence-corrected chi connectivity index (χ3v) is 0.341. The Morgan fingerprint density at radius 3 is 2.00 bits per heavy atom. The third kappa shape index (κ3) is 5.79. The van der Waals surface area contributed by atoms with Gasteiger partial charge >= 0.3 is 10.4 Å². The molecule has 7 heteroatoms. The second-order valence-electron chi connectivity index (χ2n) is 0.564. The van der Waals surface area contributed by atoms with E-state index in [-0.39, 0.29) is 0 Å². The van der Waals surface area contributed by atoms with E-state index >= 15 is 0 Å². The van der Waals surface area contributed by atoms with Gasteiger partial charge in [-0.05, 0) is 0 Å². The Labute approximate surface area is 39.1 Å². The fourth-order valence-electron chi connectivity index (χ4n) is 0.0351. The fraction of sp³-hybridized carbons (Fsp3) is 0. The van der Waals surface area contributed by atoms with Crippen LogP contribution in [-0.2, 0) is 19.8 Å². The van der Waals surface area contributed by atoms with Crippen LogP contribution in [0.4, 0.5) is 0 Å². The van der Waals surface area contributed by atoms with Gasteiger partial charge in [-0.2, -0.15) is 8.42 Å². The average Bonchev–Trinajstić information content (AvgIpc) is 1.30. The molecule has 0 amide bonds. The van der Waals surface area contributed by atoms with E-state index < -0.39 is 10.4 Å². The monoisotopic (exact) mass is 129 g/mol. The van der Waals surface area contributed by atoms with Crippen molar-refractivity contribution in [1.82, 2.24) is 0 Å². The zero-order valence-corrected chi connectivity index (χ0v) is 3.71. The molecule has 0 aliphatic rings. The SMILES string of the molecule is O=S(=O)(O)OO[O-]. The lowest BCUT2D eigenvalue weighted by atomic mass is 14.6. The molecule has 0 spiro atoms. The van der Waals surface area contributed by atoms with Crippen LogP contribution in [0.5, 0.6) is 0 Å². The van der Waals surface area contributed by atoms with Crippen molar-refractivity contribution in [3.63, 3.8) is 0 Å². The molecule has 0 unspecified atom stereocenters. The molecule has 0 aromatic rings. The molecule has 0 aliphatic carbocycles. The van der Waals surface area contributed by atoms with Gasteiger partial charge in [0.25, 0.3) is 0 Å². The summed E-state index contributed by atoms with van der Waals surface area (Å²) in [5.41, 5.74) is 0. The summed E-state index contributed by atoms with van der Waals surface area (Å²) in [5, 5.41) is 11.0. The molecule has 0 radical (unpaired) electrons. The predicted octanol–water partition coefficient (Wildman–Crippen LogP) is -1.99. The minimum Gasteiger partial charge on any atom is -0.691 e. The normalized spacial score (nSPS) is 11.7. The van der Waals surface area contributed by atoms with Crippen molar-refractivity contribution in [3.05, 3.63) is 0 Å². The van der Waals surface area contributed by atoms with E-state index in [0.717, 1.165) is 0 Å². The predicted molar refractivity (Wildman–Crippen MR) is 13.7 cm³/mol. The van der Waals surface area contributed by atoms with Crippen molar-refractivity contribution in [3.8, 4) is 0 Å². The lowest BCUT2D eigenvalue weighted by molar-refractivity contribution is -0.779. The molecule has 7 heavy (non-hydrogen) atoms. The zero-order chi connectivity index (χ0) is 5.91. The molecule has 44 valence electrons. The molecular formula is HO6S-. The number of rotatable bonds is 2. The van der Waals surface area contributed by atoms with Gasteiger partial charge in [-0.1, -0.05) is 4.33 Å². The number of hydrogen-bond acceptors (Lipinski definition) is 5. The third-order valence-electron chi connectivity index (χ3n) is 0.114. The van der Waals surface area contributed by atoms with Gasteiger partial charge < -0.3 is 5.26 Å². The molecular weight excluding hydrogens is 128 g/mol. The summed E-state index contributed by atoms with van der Waals surface area (Å²) >= 11 is 0. The molecule has 0 heterocycles. The first-order chi connectivity index (χ1) is 3.06. The molecule has 0 atom stereocenters. The van der Waals surface area contributed by atoms with Gasteiger partial charge in [0.1, 0.15) is 0 Å². The molecule has 0 saturated heterocycles. The van der Waals surface area contributed by atoms with Crippen LogP contribution in [0, 0.1) is 0 Å². The van der Waals surface area contributed by atoms with Gasteiger partial charge in [0.05, 0.1) is 0 Å². The second-order valence-corrected chi connectivity index (χ2v) is 1.56. The van der Waals surface area contributed by atoms with Gasteiger partial charge in [0.2, 0.25) is 0 Å². The van der Waals surface area contributed by atoms with Crippen molar-refractivity contribution < 1.29 is 27.6 Å². The summed E-state index contributed by atoms with van der Waals surface area (Å²) in [6.07, 6.45) is 0. The van der Waals surface area contributed by atoms with E-state index in [1.165, 1.54) is 0 Å². The van der Waals surface area contributed by atoms with E-state index in [4.69, 9.17) is 9.81 Å². The average molecular weight is 129 g/mol. The maximum absolute atomic E-state index is 9.24. The quantitative estimate of drug-likeness (QED) is 0.263. The summed E-state index contributed by atoms with van der Waals surface area (Å²) in [6.45, 7) is 0. The summed E-state index contributed by atoms with van der Waals surface area (Å²) < 4.78 is 28.6. The van der Waals surface area contributed by atoms with Gasteiger partial charge in [0, 0.05) is 0 Å². The first-order valence-corrected chi connectivity index (χ1v) is 2.38. The molecule has 1 N–H and O–H groups in total. The maximum atomic E-state index is 9.24. The maximum Gasteiger partial charge on any atom is 0.423 e. The molecule has 0 aliphatic heterocycles. The number of hydrogen-bond donors (Lipinski definition) is 1. The Kier molecular flexibility index (Phi) is 2.12. The lowest BCUT2D eigenvalue weighted by Gasteiger charge is -1.97. The van der Waals surface area contributed by atoms with Crippen LogP contribution in [0.15, 0.2) is 0 Å². The van der Waals surface area contributed by atoms with Crippen molar-refractivity contribution in [1.29, 1.82) is 0 Å². The zero-order valence-electron chi connectivity index (χ0n) is 2.90. The first-order valence-electron chi connectivity index (χ1n) is 1.02. The summed E-state index contributed by atoms with van der Waals surface area (Å²) in [6, 6.07) is 0. The van der Waals surface area contributed by atoms with Crippen molar-refractivity contribution >= 4 is 10.4 Å². The standard InChI is InChI=1S/H2O6S/c1-5-6-7(2,3)4/h1H,(H,2,3,4)/p-1. The van der Waals surface area contributed by atoms with Gasteiger partial charge in [-0.15, -0.1) is 0 Å². The van der Waals surface area contributed by atoms with Crippen LogP contribution in [0.3, 0.4) is 0 Å². The van der Waals surface area contributed by atoms with E-state index in [2.05, 4.69) is 9.37 Å². The Morgan fingerprint density at radius 1 is 1.57 bits per heavy atom. The molecule has 0 rings (SSSR count). The van der Waals surface area contributed by atoms with Crippen LogP contribution in [0.1, 0.15) is 0 Å². The highest BCUT2D eigenvalue weighted by Gasteiger charge is 1.98. The topological polar surface area (TPSA) is 95.9 Å². The Bertz CT molecular complexity index is 117. The van der Waals surface area contributed by atoms with Crippen LogP contribution >= 0.6 is 0 Å². The Hall–Kier alpha value is -0.210. The molecule has 0 aromatic heterocycles. The van der Waals surface area contributed by atoms with Gasteiger partial charge in [-0.25, -0.2) is 0 Å². The minimum atomic E-state index is -4.71. The highest BCUT2D eigenvalue weighted by atomic mass is 32.3. The van der Waals surface area contributed by atoms with Crippen LogP contribution in [-0.4, -0.2) is 13.0 Å². The van der Waals surface area contributed by atoms with E-state index in [1.807, 2.05) is 0 Å². The smallest absolute Gasteiger partial charge is 0.423 e. The Balaban J connectivity index is 3.60. The van der Waals surface area contributed by atoms with Gasteiger partial charge in [0.15, 0.2) is 0 Å². The van der Waals surface area contributed by atoms with Crippen molar-refractivity contribution in [2.75, 3.05) is 0 Å². The van der Waals surface area contributed by atoms with E-state index in [1.54, 1.807) is 0 Å². The minimum absolute atomic E-state index is 2.32. The highest BCUT2D eigenvalue weighted by Crippen LogP contribution is 1.79. The molecule has 0 fully saturated rings. The van der Waals surface area contributed by atoms with Crippen LogP contribution in [0.2, 0.25) is 0 Å². The molecule has 0 saturated carbocycles. The summed E-state index contributed by atoms with van der Waals surface area (Å²) in [7, 11) is -4.71. The van der Waals surface area contributed by atoms with E-state index in [0.29, 0.717) is 0 Å². The fourth-order valence-corrected chi connectivity index (χ4v) is 0.105. The largest absolute Gasteiger partial charge is 0.691 e. The summed E-state index contributed by atoms with van der Waals surface area (Å²) in [4.78, 5) is 0. The van der Waals surface area contributed by atoms with E-state index in [9.17, 15) is 8.42 Å². The second kappa shape index (κ2) is 2.19. The van der Waals surface area contributed by atoms with Gasteiger partial charge in [-0.3, -0.25) is 9.59 Å². The Morgan fingerprint density at radius 2 is 2.00 bits per heavy atom.